The van der Waals surface area contributed by atoms with E-state index < -0.39 is 0 Å². The summed E-state index contributed by atoms with van der Waals surface area (Å²) in [5.41, 5.74) is 1.37. The van der Waals surface area contributed by atoms with Gasteiger partial charge < -0.3 is 10.0 Å². The lowest BCUT2D eigenvalue weighted by Crippen LogP contribution is -2.18. The third kappa shape index (κ3) is 2.80. The summed E-state index contributed by atoms with van der Waals surface area (Å²) in [7, 11) is 2.08. The minimum atomic E-state index is -0.126. The number of hydrogen-bond donors (Lipinski definition) is 1. The molecule has 82 valence electrons. The van der Waals surface area contributed by atoms with Crippen molar-refractivity contribution in [3.8, 4) is 0 Å². The Kier molecular flexibility index (Phi) is 3.39. The molecule has 1 aliphatic heterocycles. The van der Waals surface area contributed by atoms with Crippen molar-refractivity contribution in [2.45, 2.75) is 18.9 Å². The van der Waals surface area contributed by atoms with Crippen molar-refractivity contribution >= 4 is 0 Å². The Hall–Kier alpha value is -0.860. The molecular weight excluding hydrogens is 186 g/mol. The molecule has 0 aliphatic carbocycles. The molecule has 1 aromatic carbocycles. The number of rotatable bonds is 3. The molecule has 15 heavy (non-hydrogen) atoms. The third-order valence-electron chi connectivity index (χ3n) is 3.24. The topological polar surface area (TPSA) is 23.5 Å². The molecule has 2 atom stereocenters. The molecule has 0 bridgehead atoms. The second-order valence-corrected chi connectivity index (χ2v) is 4.57. The predicted octanol–water partition coefficient (Wildman–Crippen LogP) is 1.54. The van der Waals surface area contributed by atoms with Gasteiger partial charge in [0.15, 0.2) is 0 Å². The van der Waals surface area contributed by atoms with E-state index in [4.69, 9.17) is 0 Å². The van der Waals surface area contributed by atoms with Crippen molar-refractivity contribution in [1.29, 1.82) is 0 Å². The standard InChI is InChI=1S/C13H19NO/c1-14-9-12(13(15)10-14)8-7-11-5-3-2-4-6-11/h2-6,12-13,15H,7-10H2,1H3/t12-,13-/m0/s1. The highest BCUT2D eigenvalue weighted by Gasteiger charge is 2.28. The zero-order chi connectivity index (χ0) is 10.7. The van der Waals surface area contributed by atoms with E-state index in [1.165, 1.54) is 5.56 Å². The summed E-state index contributed by atoms with van der Waals surface area (Å²) in [5.74, 6) is 0.454. The molecule has 1 N–H and O–H groups in total. The van der Waals surface area contributed by atoms with E-state index in [2.05, 4.69) is 36.2 Å². The largest absolute Gasteiger partial charge is 0.391 e. The lowest BCUT2D eigenvalue weighted by atomic mass is 9.97. The summed E-state index contributed by atoms with van der Waals surface area (Å²) in [6.07, 6.45) is 2.05. The van der Waals surface area contributed by atoms with Crippen molar-refractivity contribution in [2.24, 2.45) is 5.92 Å². The van der Waals surface area contributed by atoms with Crippen LogP contribution in [0.3, 0.4) is 0 Å². The van der Waals surface area contributed by atoms with Crippen LogP contribution in [0.2, 0.25) is 0 Å². The Morgan fingerprint density at radius 3 is 2.60 bits per heavy atom. The summed E-state index contributed by atoms with van der Waals surface area (Å²) < 4.78 is 0. The van der Waals surface area contributed by atoms with E-state index in [9.17, 15) is 5.11 Å². The maximum absolute atomic E-state index is 9.80. The molecule has 1 saturated heterocycles. The highest BCUT2D eigenvalue weighted by Crippen LogP contribution is 2.20. The van der Waals surface area contributed by atoms with Crippen molar-refractivity contribution in [1.82, 2.24) is 4.90 Å². The average molecular weight is 205 g/mol. The first-order chi connectivity index (χ1) is 7.25. The van der Waals surface area contributed by atoms with Crippen molar-refractivity contribution in [3.05, 3.63) is 35.9 Å². The smallest absolute Gasteiger partial charge is 0.0707 e. The van der Waals surface area contributed by atoms with Gasteiger partial charge in [-0.05, 0) is 31.4 Å². The Labute approximate surface area is 91.5 Å². The number of nitrogens with zero attached hydrogens (tertiary/aromatic N) is 1. The Bertz CT molecular complexity index is 299. The van der Waals surface area contributed by atoms with Gasteiger partial charge in [0, 0.05) is 13.1 Å². The molecule has 1 heterocycles. The zero-order valence-corrected chi connectivity index (χ0v) is 9.26. The number of aliphatic hydroxyl groups excluding tert-OH is 1. The van der Waals surface area contributed by atoms with Crippen LogP contribution in [0.4, 0.5) is 0 Å². The molecule has 0 radical (unpaired) electrons. The number of aryl methyl sites for hydroxylation is 1. The highest BCUT2D eigenvalue weighted by molar-refractivity contribution is 5.14. The van der Waals surface area contributed by atoms with Crippen LogP contribution in [0.25, 0.3) is 0 Å². The average Bonchev–Trinajstić information content (AvgIpc) is 2.56. The van der Waals surface area contributed by atoms with Crippen LogP contribution < -0.4 is 0 Å². The molecular formula is C13H19NO. The lowest BCUT2D eigenvalue weighted by Gasteiger charge is -2.12. The predicted molar refractivity (Wildman–Crippen MR) is 61.8 cm³/mol. The maximum Gasteiger partial charge on any atom is 0.0707 e. The van der Waals surface area contributed by atoms with Gasteiger partial charge in [-0.2, -0.15) is 0 Å². The van der Waals surface area contributed by atoms with Crippen molar-refractivity contribution in [3.63, 3.8) is 0 Å². The molecule has 0 amide bonds. The first-order valence-corrected chi connectivity index (χ1v) is 5.66. The number of likely N-dealkylation sites (N-methyl/N-ethyl adjacent to an activating group) is 1. The third-order valence-corrected chi connectivity index (χ3v) is 3.24. The molecule has 0 spiro atoms. The Morgan fingerprint density at radius 2 is 2.00 bits per heavy atom. The van der Waals surface area contributed by atoms with Crippen LogP contribution in [0.15, 0.2) is 30.3 Å². The van der Waals surface area contributed by atoms with Gasteiger partial charge in [-0.3, -0.25) is 0 Å². The van der Waals surface area contributed by atoms with Gasteiger partial charge in [-0.15, -0.1) is 0 Å². The number of aliphatic hydroxyl groups is 1. The van der Waals surface area contributed by atoms with Crippen LogP contribution in [0, 0.1) is 5.92 Å². The molecule has 0 unspecified atom stereocenters. The number of β-amino-alcohol motifs (C(OH)–C–C–N with tert-alkyl or cyclic N) is 1. The van der Waals surface area contributed by atoms with Crippen LogP contribution in [-0.4, -0.2) is 36.2 Å². The summed E-state index contributed by atoms with van der Waals surface area (Å²) in [6, 6.07) is 10.5. The van der Waals surface area contributed by atoms with E-state index >= 15 is 0 Å². The van der Waals surface area contributed by atoms with Crippen LogP contribution >= 0.6 is 0 Å². The number of likely N-dealkylation sites (tertiary alicyclic amines) is 1. The van der Waals surface area contributed by atoms with E-state index in [-0.39, 0.29) is 6.10 Å². The first-order valence-electron chi connectivity index (χ1n) is 5.66. The van der Waals surface area contributed by atoms with Gasteiger partial charge in [0.2, 0.25) is 0 Å². The number of benzene rings is 1. The van der Waals surface area contributed by atoms with Crippen molar-refractivity contribution in [2.75, 3.05) is 20.1 Å². The Balaban J connectivity index is 1.84. The van der Waals surface area contributed by atoms with Gasteiger partial charge in [-0.25, -0.2) is 0 Å². The fraction of sp³-hybridized carbons (Fsp3) is 0.538. The normalized spacial score (nSPS) is 27.1. The summed E-state index contributed by atoms with van der Waals surface area (Å²) in [6.45, 7) is 1.87. The fourth-order valence-corrected chi connectivity index (χ4v) is 2.35. The molecule has 1 fully saturated rings. The zero-order valence-electron chi connectivity index (χ0n) is 9.26. The summed E-state index contributed by atoms with van der Waals surface area (Å²) >= 11 is 0. The molecule has 0 saturated carbocycles. The molecule has 1 aliphatic rings. The SMILES string of the molecule is CN1C[C@H](CCc2ccccc2)[C@@H](O)C1. The molecule has 1 aromatic rings. The van der Waals surface area contributed by atoms with Gasteiger partial charge in [0.05, 0.1) is 6.10 Å². The van der Waals surface area contributed by atoms with Crippen LogP contribution in [-0.2, 0) is 6.42 Å². The van der Waals surface area contributed by atoms with Gasteiger partial charge in [0.25, 0.3) is 0 Å². The van der Waals surface area contributed by atoms with Crippen LogP contribution in [0.5, 0.6) is 0 Å². The summed E-state index contributed by atoms with van der Waals surface area (Å²) in [5, 5.41) is 9.80. The monoisotopic (exact) mass is 205 g/mol. The molecule has 0 aromatic heterocycles. The van der Waals surface area contributed by atoms with E-state index in [0.717, 1.165) is 25.9 Å². The molecule has 2 nitrogen and oxygen atoms in total. The van der Waals surface area contributed by atoms with Crippen molar-refractivity contribution < 1.29 is 5.11 Å². The van der Waals surface area contributed by atoms with Crippen LogP contribution in [0.1, 0.15) is 12.0 Å². The fourth-order valence-electron chi connectivity index (χ4n) is 2.35. The quantitative estimate of drug-likeness (QED) is 0.809. The van der Waals surface area contributed by atoms with E-state index in [1.54, 1.807) is 0 Å². The minimum absolute atomic E-state index is 0.126. The lowest BCUT2D eigenvalue weighted by molar-refractivity contribution is 0.139. The molecule has 2 heteroatoms. The summed E-state index contributed by atoms with van der Waals surface area (Å²) in [4.78, 5) is 2.21. The minimum Gasteiger partial charge on any atom is -0.391 e. The maximum atomic E-state index is 9.80. The van der Waals surface area contributed by atoms with Gasteiger partial charge >= 0.3 is 0 Å². The van der Waals surface area contributed by atoms with Gasteiger partial charge in [-0.1, -0.05) is 30.3 Å². The first kappa shape index (κ1) is 10.7. The van der Waals surface area contributed by atoms with Gasteiger partial charge in [0.1, 0.15) is 0 Å². The molecule has 2 rings (SSSR count). The van der Waals surface area contributed by atoms with E-state index in [0.29, 0.717) is 5.92 Å². The second kappa shape index (κ2) is 4.77. The second-order valence-electron chi connectivity index (χ2n) is 4.57. The highest BCUT2D eigenvalue weighted by atomic mass is 16.3. The Morgan fingerprint density at radius 1 is 1.27 bits per heavy atom. The van der Waals surface area contributed by atoms with E-state index in [1.807, 2.05) is 6.07 Å². The number of hydrogen-bond acceptors (Lipinski definition) is 2.